The lowest BCUT2D eigenvalue weighted by atomic mass is 9.95. The van der Waals surface area contributed by atoms with Gasteiger partial charge in [-0.3, -0.25) is 9.19 Å². The number of imidazole rings is 1. The second kappa shape index (κ2) is 11.4. The minimum absolute atomic E-state index is 0.0109. The molecule has 1 atom stereocenters. The van der Waals surface area contributed by atoms with E-state index in [-0.39, 0.29) is 12.4 Å². The van der Waals surface area contributed by atoms with Crippen molar-refractivity contribution in [2.24, 2.45) is 5.41 Å². The fourth-order valence-electron chi connectivity index (χ4n) is 4.14. The molecule has 4 rings (SSSR count). The largest absolute Gasteiger partial charge is 0.549 e. The molecule has 2 aromatic heterocycles. The Balaban J connectivity index is 1.64. The fourth-order valence-corrected chi connectivity index (χ4v) is 5.42. The van der Waals surface area contributed by atoms with Crippen molar-refractivity contribution in [3.63, 3.8) is 0 Å². The van der Waals surface area contributed by atoms with Gasteiger partial charge in [0.15, 0.2) is 0 Å². The van der Waals surface area contributed by atoms with Crippen molar-refractivity contribution in [3.05, 3.63) is 71.0 Å². The van der Waals surface area contributed by atoms with Crippen LogP contribution in [0.3, 0.4) is 0 Å². The van der Waals surface area contributed by atoms with Crippen LogP contribution in [0.1, 0.15) is 36.2 Å². The first kappa shape index (κ1) is 28.1. The molecule has 0 radical (unpaired) electrons. The highest BCUT2D eigenvalue weighted by atomic mass is 32.2. The molecular weight excluding hydrogens is 518 g/mol. The van der Waals surface area contributed by atoms with Crippen LogP contribution in [0.5, 0.6) is 17.2 Å². The van der Waals surface area contributed by atoms with Gasteiger partial charge in [-0.25, -0.2) is 4.98 Å². The standard InChI is InChI=1S/C29H33N3O6S/c1-18-14-30-24(19(2)26(18)37-6)16-39(35)28-31-23-13-22(36-5)11-12-25(23)32(28)15-20-7-9-21(10-8-20)38-17-29(3,4)27(33)34/h7-14H,15-17H2,1-6H3,(H,33,34)/p-1. The van der Waals surface area contributed by atoms with Crippen molar-refractivity contribution in [1.82, 2.24) is 14.5 Å². The number of rotatable bonds is 11. The topological polar surface area (TPSA) is 116 Å². The average molecular weight is 551 g/mol. The van der Waals surface area contributed by atoms with E-state index >= 15 is 0 Å². The number of carbonyl (C=O) groups is 1. The highest BCUT2D eigenvalue weighted by Gasteiger charge is 2.22. The van der Waals surface area contributed by atoms with Crippen LogP contribution in [0, 0.1) is 19.3 Å². The molecule has 10 heteroatoms. The van der Waals surface area contributed by atoms with E-state index in [0.717, 1.165) is 28.0 Å². The van der Waals surface area contributed by atoms with Crippen molar-refractivity contribution in [3.8, 4) is 17.2 Å². The number of aliphatic carboxylic acids is 1. The van der Waals surface area contributed by atoms with E-state index in [1.807, 2.05) is 48.7 Å². The van der Waals surface area contributed by atoms with Gasteiger partial charge in [0.1, 0.15) is 17.2 Å². The Labute approximate surface area is 230 Å². The van der Waals surface area contributed by atoms with Gasteiger partial charge in [0.2, 0.25) is 5.16 Å². The number of hydrogen-bond acceptors (Lipinski definition) is 8. The van der Waals surface area contributed by atoms with E-state index in [1.165, 1.54) is 0 Å². The van der Waals surface area contributed by atoms with E-state index in [1.54, 1.807) is 46.4 Å². The van der Waals surface area contributed by atoms with Gasteiger partial charge < -0.3 is 28.7 Å². The predicted molar refractivity (Wildman–Crippen MR) is 146 cm³/mol. The summed E-state index contributed by atoms with van der Waals surface area (Å²) in [5.41, 5.74) is 3.78. The van der Waals surface area contributed by atoms with E-state index < -0.39 is 22.2 Å². The third kappa shape index (κ3) is 6.06. The van der Waals surface area contributed by atoms with Crippen molar-refractivity contribution < 1.29 is 28.3 Å². The molecule has 0 bridgehead atoms. The molecule has 0 aliphatic carbocycles. The van der Waals surface area contributed by atoms with E-state index in [2.05, 4.69) is 4.98 Å². The third-order valence-corrected chi connectivity index (χ3v) is 7.81. The Hall–Kier alpha value is -3.92. The molecule has 0 aliphatic rings. The summed E-state index contributed by atoms with van der Waals surface area (Å²) in [5, 5.41) is 11.7. The van der Waals surface area contributed by atoms with Gasteiger partial charge in [-0.15, -0.1) is 0 Å². The number of carboxylic acid groups (broad SMARTS) is 1. The highest BCUT2D eigenvalue weighted by Crippen LogP contribution is 2.29. The molecule has 206 valence electrons. The molecule has 1 unspecified atom stereocenters. The van der Waals surface area contributed by atoms with Gasteiger partial charge in [0, 0.05) is 28.8 Å². The summed E-state index contributed by atoms with van der Waals surface area (Å²) in [5.74, 6) is 0.959. The predicted octanol–water partition coefficient (Wildman–Crippen LogP) is 3.58. The third-order valence-electron chi connectivity index (χ3n) is 6.56. The molecule has 2 aromatic carbocycles. The number of methoxy groups -OCH3 is 2. The van der Waals surface area contributed by atoms with Crippen LogP contribution in [0.2, 0.25) is 0 Å². The maximum absolute atomic E-state index is 13.7. The van der Waals surface area contributed by atoms with Crippen molar-refractivity contribution in [2.45, 2.75) is 45.1 Å². The maximum Gasteiger partial charge on any atom is 0.200 e. The quantitative estimate of drug-likeness (QED) is 0.278. The normalized spacial score (nSPS) is 12.4. The first-order valence-electron chi connectivity index (χ1n) is 12.4. The van der Waals surface area contributed by atoms with Gasteiger partial charge in [0.25, 0.3) is 0 Å². The number of pyridine rings is 1. The SMILES string of the molecule is COc1ccc2c(c1)nc(S(=O)Cc1ncc(C)c(OC)c1C)n2Cc1ccc(OCC(C)(C)C(=O)[O-])cc1. The summed E-state index contributed by atoms with van der Waals surface area (Å²) in [4.78, 5) is 20.5. The molecule has 0 saturated heterocycles. The summed E-state index contributed by atoms with van der Waals surface area (Å²) >= 11 is 0. The molecule has 9 nitrogen and oxygen atoms in total. The van der Waals surface area contributed by atoms with Crippen molar-refractivity contribution in [1.29, 1.82) is 0 Å². The molecule has 0 aliphatic heterocycles. The number of aromatic nitrogens is 3. The van der Waals surface area contributed by atoms with Crippen molar-refractivity contribution in [2.75, 3.05) is 20.8 Å². The molecular formula is C29H32N3O6S-. The van der Waals surface area contributed by atoms with Gasteiger partial charge in [-0.05, 0) is 43.7 Å². The lowest BCUT2D eigenvalue weighted by molar-refractivity contribution is -0.318. The Morgan fingerprint density at radius 3 is 2.38 bits per heavy atom. The van der Waals surface area contributed by atoms with Crippen molar-refractivity contribution >= 4 is 27.8 Å². The molecule has 39 heavy (non-hydrogen) atoms. The smallest absolute Gasteiger partial charge is 0.200 e. The van der Waals surface area contributed by atoms with E-state index in [4.69, 9.17) is 19.2 Å². The number of carbonyl (C=O) groups excluding carboxylic acids is 1. The summed E-state index contributed by atoms with van der Waals surface area (Å²) in [6, 6.07) is 12.9. The zero-order chi connectivity index (χ0) is 28.3. The Bertz CT molecular complexity index is 1530. The number of hydrogen-bond donors (Lipinski definition) is 0. The molecule has 0 saturated carbocycles. The number of nitrogens with zero attached hydrogens (tertiary/aromatic N) is 3. The minimum atomic E-state index is -1.50. The number of ether oxygens (including phenoxy) is 3. The monoisotopic (exact) mass is 550 g/mol. The Morgan fingerprint density at radius 2 is 1.74 bits per heavy atom. The van der Waals surface area contributed by atoms with Gasteiger partial charge in [-0.1, -0.05) is 26.0 Å². The zero-order valence-electron chi connectivity index (χ0n) is 22.9. The highest BCUT2D eigenvalue weighted by molar-refractivity contribution is 7.84. The first-order chi connectivity index (χ1) is 18.5. The minimum Gasteiger partial charge on any atom is -0.549 e. The number of aryl methyl sites for hydroxylation is 1. The lowest BCUT2D eigenvalue weighted by Gasteiger charge is -2.25. The van der Waals surface area contributed by atoms with E-state index in [9.17, 15) is 14.1 Å². The lowest BCUT2D eigenvalue weighted by Crippen LogP contribution is -2.41. The number of benzene rings is 2. The van der Waals surface area contributed by atoms with Crippen LogP contribution in [-0.4, -0.2) is 45.5 Å². The summed E-state index contributed by atoms with van der Waals surface area (Å²) in [6.07, 6.45) is 1.73. The second-order valence-electron chi connectivity index (χ2n) is 9.98. The molecule has 0 spiro atoms. The second-order valence-corrected chi connectivity index (χ2v) is 11.3. The van der Waals surface area contributed by atoms with Crippen LogP contribution in [0.4, 0.5) is 0 Å². The summed E-state index contributed by atoms with van der Waals surface area (Å²) < 4.78 is 32.2. The molecule has 2 heterocycles. The van der Waals surface area contributed by atoms with Gasteiger partial charge in [0.05, 0.1) is 66.6 Å². The van der Waals surface area contributed by atoms with Gasteiger partial charge in [-0.2, -0.15) is 0 Å². The summed E-state index contributed by atoms with van der Waals surface area (Å²) in [7, 11) is 1.70. The zero-order valence-corrected chi connectivity index (χ0v) is 23.8. The van der Waals surface area contributed by atoms with Crippen LogP contribution < -0.4 is 19.3 Å². The molecule has 0 N–H and O–H groups in total. The Kier molecular flexibility index (Phi) is 8.25. The maximum atomic E-state index is 13.7. The molecule has 0 amide bonds. The Morgan fingerprint density at radius 1 is 1.05 bits per heavy atom. The average Bonchev–Trinajstić information content (AvgIpc) is 3.27. The molecule has 0 fully saturated rings. The van der Waals surface area contributed by atoms with Crippen LogP contribution in [-0.2, 0) is 27.9 Å². The van der Waals surface area contributed by atoms with Crippen LogP contribution >= 0.6 is 0 Å². The van der Waals surface area contributed by atoms with Crippen LogP contribution in [0.25, 0.3) is 11.0 Å². The number of carboxylic acids is 1. The van der Waals surface area contributed by atoms with Crippen LogP contribution in [0.15, 0.2) is 53.8 Å². The fraction of sp³-hybridized carbons (Fsp3) is 0.345. The first-order valence-corrected chi connectivity index (χ1v) is 13.7. The molecule has 4 aromatic rings. The number of fused-ring (bicyclic) bond motifs is 1. The van der Waals surface area contributed by atoms with Gasteiger partial charge >= 0.3 is 0 Å². The summed E-state index contributed by atoms with van der Waals surface area (Å²) in [6.45, 7) is 7.35. The van der Waals surface area contributed by atoms with E-state index in [0.29, 0.717) is 34.4 Å².